The number of anilines is 1. The molecular formula is C20H24N4O4. The zero-order valence-corrected chi connectivity index (χ0v) is 15.7. The Morgan fingerprint density at radius 1 is 1.29 bits per heavy atom. The van der Waals surface area contributed by atoms with Crippen LogP contribution in [0.5, 0.6) is 5.75 Å². The van der Waals surface area contributed by atoms with Crippen molar-refractivity contribution in [3.8, 4) is 5.75 Å². The molecule has 1 amide bonds. The number of nitro benzene ring substituents is 1. The van der Waals surface area contributed by atoms with Crippen LogP contribution < -0.4 is 15.8 Å². The standard InChI is InChI=1S/C20H24N4O4/c1-28-19-11-15(24(26)27)7-8-18(19)22-20(25)9-10-23-12-16(17(21)13-23)14-5-3-2-4-6-14/h2-8,11,16-17H,9-10,12-13,21H2,1H3,(H,22,25)/t16-,17+/m0/s1. The summed E-state index contributed by atoms with van der Waals surface area (Å²) in [4.78, 5) is 24.9. The first-order valence-corrected chi connectivity index (χ1v) is 9.13. The summed E-state index contributed by atoms with van der Waals surface area (Å²) in [6.45, 7) is 2.16. The fourth-order valence-corrected chi connectivity index (χ4v) is 3.52. The number of hydrogen-bond donors (Lipinski definition) is 2. The molecule has 0 saturated carbocycles. The number of amides is 1. The van der Waals surface area contributed by atoms with Crippen LogP contribution in [0.3, 0.4) is 0 Å². The summed E-state index contributed by atoms with van der Waals surface area (Å²) in [7, 11) is 1.41. The second-order valence-corrected chi connectivity index (χ2v) is 6.88. The van der Waals surface area contributed by atoms with Crippen molar-refractivity contribution in [2.24, 2.45) is 5.73 Å². The van der Waals surface area contributed by atoms with E-state index in [0.717, 1.165) is 13.1 Å². The summed E-state index contributed by atoms with van der Waals surface area (Å²) in [5.74, 6) is 0.345. The second kappa shape index (κ2) is 8.81. The van der Waals surface area contributed by atoms with Gasteiger partial charge in [-0.25, -0.2) is 0 Å². The molecular weight excluding hydrogens is 360 g/mol. The van der Waals surface area contributed by atoms with Gasteiger partial charge in [-0.1, -0.05) is 30.3 Å². The number of carbonyl (C=O) groups is 1. The van der Waals surface area contributed by atoms with Crippen LogP contribution in [0.15, 0.2) is 48.5 Å². The summed E-state index contributed by atoms with van der Waals surface area (Å²) >= 11 is 0. The molecule has 0 aliphatic carbocycles. The van der Waals surface area contributed by atoms with Crippen LogP contribution in [0.25, 0.3) is 0 Å². The fourth-order valence-electron chi connectivity index (χ4n) is 3.52. The van der Waals surface area contributed by atoms with E-state index >= 15 is 0 Å². The van der Waals surface area contributed by atoms with Crippen LogP contribution in [0.4, 0.5) is 11.4 Å². The zero-order chi connectivity index (χ0) is 20.1. The lowest BCUT2D eigenvalue weighted by atomic mass is 9.95. The summed E-state index contributed by atoms with van der Waals surface area (Å²) < 4.78 is 5.15. The van der Waals surface area contributed by atoms with Gasteiger partial charge < -0.3 is 20.7 Å². The van der Waals surface area contributed by atoms with Gasteiger partial charge in [0.05, 0.1) is 23.8 Å². The normalized spacial score (nSPS) is 19.4. The minimum absolute atomic E-state index is 0.0419. The van der Waals surface area contributed by atoms with E-state index in [1.807, 2.05) is 18.2 Å². The largest absolute Gasteiger partial charge is 0.494 e. The molecule has 148 valence electrons. The first-order valence-electron chi connectivity index (χ1n) is 9.13. The third kappa shape index (κ3) is 4.65. The molecule has 2 atom stereocenters. The monoisotopic (exact) mass is 384 g/mol. The first-order chi connectivity index (χ1) is 13.5. The highest BCUT2D eigenvalue weighted by molar-refractivity contribution is 5.92. The lowest BCUT2D eigenvalue weighted by molar-refractivity contribution is -0.384. The molecule has 28 heavy (non-hydrogen) atoms. The molecule has 3 rings (SSSR count). The number of nitrogens with zero attached hydrogens (tertiary/aromatic N) is 2. The molecule has 3 N–H and O–H groups in total. The molecule has 1 aliphatic rings. The number of rotatable bonds is 7. The second-order valence-electron chi connectivity index (χ2n) is 6.88. The Morgan fingerprint density at radius 2 is 2.04 bits per heavy atom. The van der Waals surface area contributed by atoms with Crippen LogP contribution in [0.1, 0.15) is 17.9 Å². The molecule has 1 aliphatic heterocycles. The van der Waals surface area contributed by atoms with Crippen molar-refractivity contribution in [2.75, 3.05) is 32.1 Å². The van der Waals surface area contributed by atoms with Gasteiger partial charge in [0.1, 0.15) is 5.75 Å². The van der Waals surface area contributed by atoms with Gasteiger partial charge >= 0.3 is 0 Å². The van der Waals surface area contributed by atoms with E-state index in [9.17, 15) is 14.9 Å². The number of likely N-dealkylation sites (tertiary alicyclic amines) is 1. The molecule has 0 spiro atoms. The van der Waals surface area contributed by atoms with Crippen LogP contribution in [-0.2, 0) is 4.79 Å². The van der Waals surface area contributed by atoms with Gasteiger partial charge in [0.25, 0.3) is 5.69 Å². The molecule has 8 heteroatoms. The zero-order valence-electron chi connectivity index (χ0n) is 15.7. The van der Waals surface area contributed by atoms with Crippen LogP contribution >= 0.6 is 0 Å². The number of hydrogen-bond acceptors (Lipinski definition) is 6. The maximum absolute atomic E-state index is 12.3. The first kappa shape index (κ1) is 19.8. The van der Waals surface area contributed by atoms with Crippen molar-refractivity contribution in [3.05, 3.63) is 64.2 Å². The van der Waals surface area contributed by atoms with Crippen molar-refractivity contribution >= 4 is 17.3 Å². The predicted molar refractivity (Wildman–Crippen MR) is 106 cm³/mol. The summed E-state index contributed by atoms with van der Waals surface area (Å²) in [6.07, 6.45) is 0.300. The van der Waals surface area contributed by atoms with Gasteiger partial charge in [-0.05, 0) is 11.6 Å². The van der Waals surface area contributed by atoms with E-state index in [1.54, 1.807) is 0 Å². The van der Waals surface area contributed by atoms with Gasteiger partial charge in [0.15, 0.2) is 0 Å². The predicted octanol–water partition coefficient (Wildman–Crippen LogP) is 2.36. The number of ether oxygens (including phenoxy) is 1. The lowest BCUT2D eigenvalue weighted by Gasteiger charge is -2.16. The van der Waals surface area contributed by atoms with Gasteiger partial charge in [0.2, 0.25) is 5.91 Å². The molecule has 8 nitrogen and oxygen atoms in total. The van der Waals surface area contributed by atoms with Crippen LogP contribution in [-0.4, -0.2) is 48.5 Å². The number of nitro groups is 1. The minimum atomic E-state index is -0.506. The maximum atomic E-state index is 12.3. The maximum Gasteiger partial charge on any atom is 0.273 e. The third-order valence-corrected chi connectivity index (χ3v) is 4.99. The highest BCUT2D eigenvalue weighted by Crippen LogP contribution is 2.29. The van der Waals surface area contributed by atoms with E-state index in [1.165, 1.54) is 30.9 Å². The Balaban J connectivity index is 1.54. The lowest BCUT2D eigenvalue weighted by Crippen LogP contribution is -2.30. The van der Waals surface area contributed by atoms with E-state index < -0.39 is 4.92 Å². The summed E-state index contributed by atoms with van der Waals surface area (Å²) in [5, 5.41) is 13.6. The summed E-state index contributed by atoms with van der Waals surface area (Å²) in [6, 6.07) is 14.3. The van der Waals surface area contributed by atoms with E-state index in [2.05, 4.69) is 22.3 Å². The molecule has 0 unspecified atom stereocenters. The average Bonchev–Trinajstić information content (AvgIpc) is 3.08. The van der Waals surface area contributed by atoms with Gasteiger partial charge in [0, 0.05) is 44.1 Å². The summed E-state index contributed by atoms with van der Waals surface area (Å²) in [5.41, 5.74) is 7.84. The highest BCUT2D eigenvalue weighted by atomic mass is 16.6. The smallest absolute Gasteiger partial charge is 0.273 e. The molecule has 0 radical (unpaired) electrons. The Labute approximate surface area is 163 Å². The molecule has 0 bridgehead atoms. The fraction of sp³-hybridized carbons (Fsp3) is 0.350. The minimum Gasteiger partial charge on any atom is -0.494 e. The SMILES string of the molecule is COc1cc([N+](=O)[O-])ccc1NC(=O)CCN1C[C@@H](N)[C@H](c2ccccc2)C1. The van der Waals surface area contributed by atoms with Crippen LogP contribution in [0, 0.1) is 10.1 Å². The van der Waals surface area contributed by atoms with Crippen molar-refractivity contribution < 1.29 is 14.5 Å². The molecule has 1 saturated heterocycles. The van der Waals surface area contributed by atoms with E-state index in [4.69, 9.17) is 10.5 Å². The molecule has 2 aromatic carbocycles. The molecule has 0 aromatic heterocycles. The molecule has 1 fully saturated rings. The van der Waals surface area contributed by atoms with E-state index in [0.29, 0.717) is 18.7 Å². The van der Waals surface area contributed by atoms with Crippen molar-refractivity contribution in [2.45, 2.75) is 18.4 Å². The number of methoxy groups -OCH3 is 1. The Bertz CT molecular complexity index is 843. The van der Waals surface area contributed by atoms with Crippen molar-refractivity contribution in [3.63, 3.8) is 0 Å². The Hall–Kier alpha value is -2.97. The van der Waals surface area contributed by atoms with Gasteiger partial charge in [-0.2, -0.15) is 0 Å². The quantitative estimate of drug-likeness (QED) is 0.560. The molecule has 2 aromatic rings. The third-order valence-electron chi connectivity index (χ3n) is 4.99. The average molecular weight is 384 g/mol. The van der Waals surface area contributed by atoms with Crippen molar-refractivity contribution in [1.82, 2.24) is 4.90 Å². The number of carbonyl (C=O) groups excluding carboxylic acids is 1. The number of nitrogens with two attached hydrogens (primary N) is 1. The van der Waals surface area contributed by atoms with Crippen LogP contribution in [0.2, 0.25) is 0 Å². The highest BCUT2D eigenvalue weighted by Gasteiger charge is 2.31. The molecule has 1 heterocycles. The topological polar surface area (TPSA) is 111 Å². The Morgan fingerprint density at radius 3 is 2.71 bits per heavy atom. The van der Waals surface area contributed by atoms with Gasteiger partial charge in [-0.15, -0.1) is 0 Å². The Kier molecular flexibility index (Phi) is 6.23. The van der Waals surface area contributed by atoms with E-state index in [-0.39, 0.29) is 29.3 Å². The number of non-ortho nitro benzene ring substituents is 1. The number of benzene rings is 2. The van der Waals surface area contributed by atoms with Crippen molar-refractivity contribution in [1.29, 1.82) is 0 Å². The number of nitrogens with one attached hydrogen (secondary N) is 1. The van der Waals surface area contributed by atoms with Gasteiger partial charge in [-0.3, -0.25) is 14.9 Å².